The van der Waals surface area contributed by atoms with E-state index < -0.39 is 0 Å². The lowest BCUT2D eigenvalue weighted by molar-refractivity contribution is -0.853. The van der Waals surface area contributed by atoms with Gasteiger partial charge in [0.05, 0.1) is 19.1 Å². The van der Waals surface area contributed by atoms with Crippen LogP contribution in [0.3, 0.4) is 0 Å². The van der Waals surface area contributed by atoms with Gasteiger partial charge in [0.25, 0.3) is 0 Å². The summed E-state index contributed by atoms with van der Waals surface area (Å²) in [5.74, 6) is 0. The van der Waals surface area contributed by atoms with Gasteiger partial charge in [0.2, 0.25) is 0 Å². The molecule has 1 fully saturated rings. The third-order valence-electron chi connectivity index (χ3n) is 2.64. The topological polar surface area (TPSA) is 39.5 Å². The summed E-state index contributed by atoms with van der Waals surface area (Å²) in [6, 6.07) is 10.7. The maximum Gasteiger partial charge on any atom is 0.0927 e. The first-order valence-corrected chi connectivity index (χ1v) is 5.13. The number of hydroxylamine groups is 2. The summed E-state index contributed by atoms with van der Waals surface area (Å²) in [5, 5.41) is 15.0. The average Bonchev–Trinajstić information content (AvgIpc) is 2.19. The normalized spacial score (nSPS) is 27.5. The number of quaternary nitrogens is 1. The standard InChI is InChI=1S/C11H16N2O/c14-13-7-6-12-11(9-13)8-10-4-2-1-3-5-10/h1-5,11-13H,6-9H2. The van der Waals surface area contributed by atoms with Crippen LogP contribution < -0.4 is 10.4 Å². The second-order valence-corrected chi connectivity index (χ2v) is 3.83. The Morgan fingerprint density at radius 3 is 2.86 bits per heavy atom. The van der Waals surface area contributed by atoms with Gasteiger partial charge in [0.15, 0.2) is 0 Å². The largest absolute Gasteiger partial charge is 0.634 e. The average molecular weight is 192 g/mol. The number of benzene rings is 1. The lowest BCUT2D eigenvalue weighted by atomic mass is 10.0. The molecule has 2 atom stereocenters. The maximum atomic E-state index is 11.2. The minimum absolute atomic E-state index is 0.346. The number of hydrogen-bond donors (Lipinski definition) is 2. The molecule has 0 aromatic heterocycles. The summed E-state index contributed by atoms with van der Waals surface area (Å²) in [5.41, 5.74) is 1.31. The molecule has 1 saturated heterocycles. The van der Waals surface area contributed by atoms with Crippen molar-refractivity contribution in [2.75, 3.05) is 19.6 Å². The molecule has 76 valence electrons. The predicted molar refractivity (Wildman–Crippen MR) is 56.0 cm³/mol. The third-order valence-corrected chi connectivity index (χ3v) is 2.64. The van der Waals surface area contributed by atoms with E-state index in [1.165, 1.54) is 5.56 Å². The van der Waals surface area contributed by atoms with Crippen molar-refractivity contribution in [1.82, 2.24) is 5.32 Å². The summed E-state index contributed by atoms with van der Waals surface area (Å²) in [4.78, 5) is 0. The van der Waals surface area contributed by atoms with Crippen molar-refractivity contribution < 1.29 is 5.06 Å². The fourth-order valence-electron chi connectivity index (χ4n) is 1.91. The molecule has 0 radical (unpaired) electrons. The first-order chi connectivity index (χ1) is 6.84. The summed E-state index contributed by atoms with van der Waals surface area (Å²) >= 11 is 0. The Kier molecular flexibility index (Phi) is 3.14. The summed E-state index contributed by atoms with van der Waals surface area (Å²) < 4.78 is 0. The van der Waals surface area contributed by atoms with Crippen LogP contribution in [0.25, 0.3) is 0 Å². The second kappa shape index (κ2) is 4.55. The van der Waals surface area contributed by atoms with Crippen molar-refractivity contribution in [2.24, 2.45) is 0 Å². The third kappa shape index (κ3) is 2.54. The molecule has 1 aromatic carbocycles. The number of nitrogens with one attached hydrogen (secondary N) is 2. The highest BCUT2D eigenvalue weighted by atomic mass is 16.5. The van der Waals surface area contributed by atoms with Crippen LogP contribution in [-0.2, 0) is 6.42 Å². The van der Waals surface area contributed by atoms with Gasteiger partial charge < -0.3 is 15.6 Å². The van der Waals surface area contributed by atoms with Crippen molar-refractivity contribution in [3.8, 4) is 0 Å². The minimum Gasteiger partial charge on any atom is -0.634 e. The first kappa shape index (κ1) is 9.65. The smallest absolute Gasteiger partial charge is 0.0927 e. The van der Waals surface area contributed by atoms with E-state index in [0.29, 0.717) is 24.2 Å². The van der Waals surface area contributed by atoms with Crippen LogP contribution in [0.5, 0.6) is 0 Å². The molecule has 2 rings (SSSR count). The monoisotopic (exact) mass is 192 g/mol. The van der Waals surface area contributed by atoms with E-state index in [9.17, 15) is 5.21 Å². The SMILES string of the molecule is [O-][NH+]1CCNC(Cc2ccccc2)C1. The minimum atomic E-state index is 0.346. The van der Waals surface area contributed by atoms with Gasteiger partial charge in [-0.2, -0.15) is 0 Å². The van der Waals surface area contributed by atoms with Gasteiger partial charge in [-0.1, -0.05) is 30.3 Å². The molecule has 2 unspecified atom stereocenters. The first-order valence-electron chi connectivity index (χ1n) is 5.13. The molecule has 0 saturated carbocycles. The van der Waals surface area contributed by atoms with Crippen LogP contribution >= 0.6 is 0 Å². The van der Waals surface area contributed by atoms with E-state index >= 15 is 0 Å². The van der Waals surface area contributed by atoms with Crippen LogP contribution in [0.4, 0.5) is 0 Å². The van der Waals surface area contributed by atoms with Crippen molar-refractivity contribution >= 4 is 0 Å². The highest BCUT2D eigenvalue weighted by Gasteiger charge is 2.17. The Morgan fingerprint density at radius 2 is 2.14 bits per heavy atom. The van der Waals surface area contributed by atoms with Crippen LogP contribution in [-0.4, -0.2) is 25.7 Å². The quantitative estimate of drug-likeness (QED) is 0.625. The summed E-state index contributed by atoms with van der Waals surface area (Å²) in [7, 11) is 0. The van der Waals surface area contributed by atoms with Gasteiger partial charge in [-0.15, -0.1) is 0 Å². The Bertz CT molecular complexity index is 276. The van der Waals surface area contributed by atoms with Crippen molar-refractivity contribution in [2.45, 2.75) is 12.5 Å². The molecule has 0 bridgehead atoms. The van der Waals surface area contributed by atoms with E-state index in [-0.39, 0.29) is 0 Å². The highest BCUT2D eigenvalue weighted by Crippen LogP contribution is 2.02. The van der Waals surface area contributed by atoms with Gasteiger partial charge >= 0.3 is 0 Å². The van der Waals surface area contributed by atoms with E-state index in [1.807, 2.05) is 18.2 Å². The fourth-order valence-corrected chi connectivity index (χ4v) is 1.91. The molecule has 14 heavy (non-hydrogen) atoms. The predicted octanol–water partition coefficient (Wildman–Crippen LogP) is -0.416. The highest BCUT2D eigenvalue weighted by molar-refractivity contribution is 5.15. The molecule has 0 aliphatic carbocycles. The summed E-state index contributed by atoms with van der Waals surface area (Å²) in [6.45, 7) is 2.23. The molecule has 0 spiro atoms. The molecule has 0 amide bonds. The van der Waals surface area contributed by atoms with E-state index in [2.05, 4.69) is 17.4 Å². The Morgan fingerprint density at radius 1 is 1.36 bits per heavy atom. The van der Waals surface area contributed by atoms with Crippen molar-refractivity contribution in [1.29, 1.82) is 0 Å². The molecule has 3 nitrogen and oxygen atoms in total. The molecular formula is C11H16N2O. The van der Waals surface area contributed by atoms with Crippen LogP contribution in [0.2, 0.25) is 0 Å². The molecular weight excluding hydrogens is 176 g/mol. The van der Waals surface area contributed by atoms with E-state index in [4.69, 9.17) is 0 Å². The van der Waals surface area contributed by atoms with Crippen molar-refractivity contribution in [3.05, 3.63) is 41.1 Å². The van der Waals surface area contributed by atoms with E-state index in [0.717, 1.165) is 13.0 Å². The van der Waals surface area contributed by atoms with Gasteiger partial charge in [0, 0.05) is 6.54 Å². The van der Waals surface area contributed by atoms with Gasteiger partial charge in [0.1, 0.15) is 0 Å². The zero-order valence-corrected chi connectivity index (χ0v) is 8.20. The number of rotatable bonds is 2. The fraction of sp³-hybridized carbons (Fsp3) is 0.455. The molecule has 3 heteroatoms. The maximum absolute atomic E-state index is 11.2. The second-order valence-electron chi connectivity index (χ2n) is 3.83. The van der Waals surface area contributed by atoms with Gasteiger partial charge in [-0.3, -0.25) is 0 Å². The zero-order valence-electron chi connectivity index (χ0n) is 8.20. The van der Waals surface area contributed by atoms with Crippen LogP contribution in [0.1, 0.15) is 5.56 Å². The van der Waals surface area contributed by atoms with Gasteiger partial charge in [-0.25, -0.2) is 0 Å². The molecule has 1 heterocycles. The van der Waals surface area contributed by atoms with E-state index in [1.54, 1.807) is 0 Å². The summed E-state index contributed by atoms with van der Waals surface area (Å²) in [6.07, 6.45) is 0.965. The Hall–Kier alpha value is -0.900. The number of hydrogen-bond acceptors (Lipinski definition) is 2. The lowest BCUT2D eigenvalue weighted by Crippen LogP contribution is -3.11. The van der Waals surface area contributed by atoms with Crippen molar-refractivity contribution in [3.63, 3.8) is 0 Å². The van der Waals surface area contributed by atoms with Gasteiger partial charge in [-0.05, 0) is 12.0 Å². The van der Waals surface area contributed by atoms with Crippen LogP contribution in [0.15, 0.2) is 30.3 Å². The lowest BCUT2D eigenvalue weighted by Gasteiger charge is -2.33. The Balaban J connectivity index is 1.91. The molecule has 2 N–H and O–H groups in total. The molecule has 1 aliphatic heterocycles. The Labute approximate surface area is 84.3 Å². The molecule has 1 aliphatic rings. The van der Waals surface area contributed by atoms with Crippen LogP contribution in [0, 0.1) is 5.21 Å². The molecule has 1 aromatic rings. The number of piperazine rings is 1. The zero-order chi connectivity index (χ0) is 9.80.